The summed E-state index contributed by atoms with van der Waals surface area (Å²) in [6, 6.07) is 11.2. The Morgan fingerprint density at radius 3 is 2.74 bits per heavy atom. The third kappa shape index (κ3) is 4.96. The summed E-state index contributed by atoms with van der Waals surface area (Å²) in [7, 11) is 0. The molecule has 6 rings (SSSR count). The number of benzene rings is 1. The molecule has 1 aromatic carbocycles. The Morgan fingerprint density at radius 1 is 1.14 bits per heavy atom. The van der Waals surface area contributed by atoms with Gasteiger partial charge in [-0.05, 0) is 30.0 Å². The minimum Gasteiger partial charge on any atom is -0.379 e. The van der Waals surface area contributed by atoms with E-state index in [2.05, 4.69) is 51.0 Å². The van der Waals surface area contributed by atoms with Gasteiger partial charge in [0.15, 0.2) is 5.65 Å². The summed E-state index contributed by atoms with van der Waals surface area (Å²) in [5.41, 5.74) is 5.25. The van der Waals surface area contributed by atoms with E-state index in [9.17, 15) is 9.59 Å². The number of imide groups is 1. The van der Waals surface area contributed by atoms with Crippen LogP contribution in [0.25, 0.3) is 11.7 Å². The lowest BCUT2D eigenvalue weighted by atomic mass is 10.1. The molecule has 1 saturated carbocycles. The van der Waals surface area contributed by atoms with Crippen LogP contribution < -0.4 is 10.6 Å². The largest absolute Gasteiger partial charge is 0.379 e. The molecule has 2 aromatic heterocycles. The number of nitrogens with one attached hydrogen (secondary N) is 2. The average molecular weight is 473 g/mol. The van der Waals surface area contributed by atoms with Crippen LogP contribution in [0, 0.1) is 0 Å². The quantitative estimate of drug-likeness (QED) is 0.401. The van der Waals surface area contributed by atoms with Crippen LogP contribution in [0.2, 0.25) is 0 Å². The van der Waals surface area contributed by atoms with Crippen molar-refractivity contribution in [2.75, 3.05) is 31.6 Å². The maximum absolute atomic E-state index is 12.1. The second-order valence-corrected chi connectivity index (χ2v) is 9.50. The second kappa shape index (κ2) is 9.24. The average Bonchev–Trinajstić information content (AvgIpc) is 3.48. The Balaban J connectivity index is 1.30. The van der Waals surface area contributed by atoms with Crippen molar-refractivity contribution in [1.82, 2.24) is 24.8 Å². The lowest BCUT2D eigenvalue weighted by Gasteiger charge is -2.26. The molecule has 2 saturated heterocycles. The van der Waals surface area contributed by atoms with Crippen molar-refractivity contribution < 1.29 is 14.3 Å². The van der Waals surface area contributed by atoms with Gasteiger partial charge < -0.3 is 10.1 Å². The van der Waals surface area contributed by atoms with Gasteiger partial charge in [0, 0.05) is 49.3 Å². The Hall–Kier alpha value is -3.56. The molecule has 1 aliphatic carbocycles. The zero-order valence-electron chi connectivity index (χ0n) is 19.5. The summed E-state index contributed by atoms with van der Waals surface area (Å²) in [6.45, 7) is 4.42. The molecule has 3 fully saturated rings. The molecule has 35 heavy (non-hydrogen) atoms. The number of rotatable bonds is 7. The molecule has 2 aliphatic heterocycles. The molecule has 0 spiro atoms. The van der Waals surface area contributed by atoms with Gasteiger partial charge in [-0.15, -0.1) is 0 Å². The number of hydrogen-bond donors (Lipinski definition) is 2. The highest BCUT2D eigenvalue weighted by molar-refractivity contribution is 6.15. The molecule has 180 valence electrons. The first-order valence-electron chi connectivity index (χ1n) is 12.2. The minimum absolute atomic E-state index is 0.0823. The summed E-state index contributed by atoms with van der Waals surface area (Å²) >= 11 is 0. The van der Waals surface area contributed by atoms with Gasteiger partial charge >= 0.3 is 0 Å². The smallest absolute Gasteiger partial charge is 0.254 e. The van der Waals surface area contributed by atoms with Crippen LogP contribution in [0.4, 0.5) is 5.82 Å². The fourth-order valence-corrected chi connectivity index (χ4v) is 4.64. The van der Waals surface area contributed by atoms with Crippen LogP contribution in [0.15, 0.2) is 42.1 Å². The van der Waals surface area contributed by atoms with E-state index in [0.717, 1.165) is 62.8 Å². The maximum atomic E-state index is 12.1. The highest BCUT2D eigenvalue weighted by Gasteiger charge is 2.26. The van der Waals surface area contributed by atoms with E-state index in [-0.39, 0.29) is 18.2 Å². The third-order valence-corrected chi connectivity index (χ3v) is 6.59. The summed E-state index contributed by atoms with van der Waals surface area (Å²) in [5, 5.41) is 10.4. The number of amides is 2. The highest BCUT2D eigenvalue weighted by atomic mass is 16.5. The Morgan fingerprint density at radius 2 is 1.97 bits per heavy atom. The van der Waals surface area contributed by atoms with Crippen molar-refractivity contribution in [2.24, 2.45) is 0 Å². The predicted octanol–water partition coefficient (Wildman–Crippen LogP) is 2.16. The number of hydrogen-bond acceptors (Lipinski definition) is 7. The second-order valence-electron chi connectivity index (χ2n) is 9.50. The molecular formula is C26H28N6O3. The molecule has 9 nitrogen and oxygen atoms in total. The minimum atomic E-state index is -0.348. The highest BCUT2D eigenvalue weighted by Crippen LogP contribution is 2.27. The van der Waals surface area contributed by atoms with Crippen molar-refractivity contribution >= 4 is 29.4 Å². The number of carbonyl (C=O) groups excluding carboxylic acids is 2. The third-order valence-electron chi connectivity index (χ3n) is 6.59. The lowest BCUT2D eigenvalue weighted by Crippen LogP contribution is -2.35. The van der Waals surface area contributed by atoms with Gasteiger partial charge in [0.05, 0.1) is 31.5 Å². The van der Waals surface area contributed by atoms with Gasteiger partial charge in [0.1, 0.15) is 5.82 Å². The monoisotopic (exact) mass is 472 g/mol. The molecule has 3 aliphatic rings. The standard InChI is InChI=1S/C26H28N6O3/c33-24-13-19(26(34)30-24)12-20-15-27-32-23(28-21-4-5-21)14-22(29-25(20)32)11-17-2-1-3-18(10-17)16-31-6-8-35-9-7-31/h1-3,10,12,14-15,21,28H,4-9,11,13,16H2,(H,30,33,34)/b19-12+. The maximum Gasteiger partial charge on any atom is 0.254 e. The van der Waals surface area contributed by atoms with Gasteiger partial charge in [-0.2, -0.15) is 9.61 Å². The van der Waals surface area contributed by atoms with Gasteiger partial charge in [0.25, 0.3) is 5.91 Å². The molecule has 4 heterocycles. The molecule has 0 unspecified atom stereocenters. The first-order chi connectivity index (χ1) is 17.1. The summed E-state index contributed by atoms with van der Waals surface area (Å²) in [6.07, 6.45) is 6.48. The SMILES string of the molecule is O=C1C/C(=C\c2cnn3c(NC4CC4)cc(Cc4cccc(CN5CCOCC5)c4)nc23)C(=O)N1. The number of fused-ring (bicyclic) bond motifs is 1. The number of anilines is 1. The lowest BCUT2D eigenvalue weighted by molar-refractivity contribution is -0.124. The Labute approximate surface area is 203 Å². The first kappa shape index (κ1) is 21.9. The van der Waals surface area contributed by atoms with Gasteiger partial charge in [-0.1, -0.05) is 24.3 Å². The predicted molar refractivity (Wildman–Crippen MR) is 131 cm³/mol. The number of aromatic nitrogens is 3. The molecule has 0 atom stereocenters. The fourth-order valence-electron chi connectivity index (χ4n) is 4.64. The summed E-state index contributed by atoms with van der Waals surface area (Å²) in [4.78, 5) is 31.0. The molecular weight excluding hydrogens is 444 g/mol. The van der Waals surface area contributed by atoms with Crippen molar-refractivity contribution in [3.05, 3.63) is 64.5 Å². The molecule has 3 aromatic rings. The van der Waals surface area contributed by atoms with E-state index in [1.54, 1.807) is 16.8 Å². The zero-order valence-corrected chi connectivity index (χ0v) is 19.5. The van der Waals surface area contributed by atoms with Crippen LogP contribution in [0.1, 0.15) is 41.6 Å². The van der Waals surface area contributed by atoms with Crippen LogP contribution in [0.3, 0.4) is 0 Å². The van der Waals surface area contributed by atoms with E-state index in [1.807, 2.05) is 0 Å². The molecule has 0 bridgehead atoms. The fraction of sp³-hybridized carbons (Fsp3) is 0.385. The first-order valence-corrected chi connectivity index (χ1v) is 12.2. The number of ether oxygens (including phenoxy) is 1. The van der Waals surface area contributed by atoms with E-state index >= 15 is 0 Å². The summed E-state index contributed by atoms with van der Waals surface area (Å²) < 4.78 is 7.26. The normalized spacial score (nSPS) is 20.1. The van der Waals surface area contributed by atoms with Crippen molar-refractivity contribution in [3.8, 4) is 0 Å². The molecule has 9 heteroatoms. The van der Waals surface area contributed by atoms with Gasteiger partial charge in [0.2, 0.25) is 5.91 Å². The van der Waals surface area contributed by atoms with Crippen molar-refractivity contribution in [3.63, 3.8) is 0 Å². The van der Waals surface area contributed by atoms with E-state index in [4.69, 9.17) is 9.72 Å². The van der Waals surface area contributed by atoms with Crippen molar-refractivity contribution in [1.29, 1.82) is 0 Å². The molecule has 2 amide bonds. The van der Waals surface area contributed by atoms with Crippen LogP contribution in [0.5, 0.6) is 0 Å². The topological polar surface area (TPSA) is 101 Å². The van der Waals surface area contributed by atoms with Crippen LogP contribution in [-0.2, 0) is 27.3 Å². The number of morpholine rings is 1. The van der Waals surface area contributed by atoms with Gasteiger partial charge in [-0.25, -0.2) is 4.98 Å². The van der Waals surface area contributed by atoms with Crippen LogP contribution >= 0.6 is 0 Å². The molecule has 2 N–H and O–H groups in total. The van der Waals surface area contributed by atoms with Crippen molar-refractivity contribution in [2.45, 2.75) is 38.3 Å². The van der Waals surface area contributed by atoms with E-state index in [0.29, 0.717) is 23.7 Å². The van der Waals surface area contributed by atoms with E-state index < -0.39 is 0 Å². The zero-order chi connectivity index (χ0) is 23.8. The Kier molecular flexibility index (Phi) is 5.79. The number of nitrogens with zero attached hydrogens (tertiary/aromatic N) is 4. The summed E-state index contributed by atoms with van der Waals surface area (Å²) in [5.74, 6) is 0.270. The number of carbonyl (C=O) groups is 2. The van der Waals surface area contributed by atoms with E-state index in [1.165, 1.54) is 11.1 Å². The molecule has 0 radical (unpaired) electrons. The van der Waals surface area contributed by atoms with Gasteiger partial charge in [-0.3, -0.25) is 19.8 Å². The Bertz CT molecular complexity index is 1320. The van der Waals surface area contributed by atoms with Crippen LogP contribution in [-0.4, -0.2) is 63.7 Å².